The van der Waals surface area contributed by atoms with E-state index in [9.17, 15) is 5.11 Å². The molecule has 4 N–H and O–H groups in total. The Kier molecular flexibility index (Phi) is 5.99. The molecule has 0 spiro atoms. The number of anilines is 1. The minimum Gasteiger partial charge on any atom is -0.374 e. The van der Waals surface area contributed by atoms with E-state index in [-0.39, 0.29) is 0 Å². The molecule has 6 aromatic rings. The fourth-order valence-corrected chi connectivity index (χ4v) is 4.37. The number of unbranched alkanes of at least 4 members (excludes halogenated alkanes) is 1. The Morgan fingerprint density at radius 3 is 2.65 bits per heavy atom. The lowest BCUT2D eigenvalue weighted by atomic mass is 10.1. The third-order valence-electron chi connectivity index (χ3n) is 6.26. The molecule has 0 saturated carbocycles. The zero-order valence-electron chi connectivity index (χ0n) is 20.2. The smallest absolute Gasteiger partial charge is 0.159 e. The fourth-order valence-electron chi connectivity index (χ4n) is 4.37. The summed E-state index contributed by atoms with van der Waals surface area (Å²) in [5.41, 5.74) is 7.35. The van der Waals surface area contributed by atoms with Crippen molar-refractivity contribution in [2.45, 2.75) is 32.4 Å². The third-order valence-corrected chi connectivity index (χ3v) is 6.26. The van der Waals surface area contributed by atoms with Crippen LogP contribution in [0.25, 0.3) is 55.8 Å². The number of aliphatic hydroxyl groups excluding tert-OH is 1. The number of imidazole rings is 1. The van der Waals surface area contributed by atoms with Crippen molar-refractivity contribution in [2.75, 3.05) is 5.32 Å². The zero-order chi connectivity index (χ0) is 25.2. The predicted molar refractivity (Wildman–Crippen MR) is 142 cm³/mol. The van der Waals surface area contributed by atoms with E-state index in [4.69, 9.17) is 4.98 Å². The Hall–Kier alpha value is -4.70. The van der Waals surface area contributed by atoms with Crippen molar-refractivity contribution in [3.63, 3.8) is 0 Å². The van der Waals surface area contributed by atoms with E-state index in [0.717, 1.165) is 57.2 Å². The van der Waals surface area contributed by atoms with Gasteiger partial charge in [0, 0.05) is 47.7 Å². The number of nitrogens with zero attached hydrogens (tertiary/aromatic N) is 6. The van der Waals surface area contributed by atoms with Crippen LogP contribution in [0.1, 0.15) is 26.2 Å². The summed E-state index contributed by atoms with van der Waals surface area (Å²) < 4.78 is 0. The molecule has 37 heavy (non-hydrogen) atoms. The predicted octanol–water partition coefficient (Wildman–Crippen LogP) is 4.94. The second-order valence-corrected chi connectivity index (χ2v) is 8.86. The first-order valence-corrected chi connectivity index (χ1v) is 12.2. The monoisotopic (exact) mass is 491 g/mol. The number of aliphatic hydroxyl groups is 1. The number of fused-ring (bicyclic) bond motifs is 2. The number of pyridine rings is 4. The van der Waals surface area contributed by atoms with Gasteiger partial charge in [0.05, 0.1) is 34.5 Å². The van der Waals surface area contributed by atoms with Gasteiger partial charge < -0.3 is 15.4 Å². The van der Waals surface area contributed by atoms with Crippen molar-refractivity contribution >= 4 is 27.8 Å². The van der Waals surface area contributed by atoms with Crippen LogP contribution in [-0.2, 0) is 0 Å². The number of hydrogen-bond donors (Lipinski definition) is 4. The van der Waals surface area contributed by atoms with Gasteiger partial charge in [-0.05, 0) is 42.7 Å². The van der Waals surface area contributed by atoms with E-state index in [1.165, 1.54) is 0 Å². The number of nitrogens with one attached hydrogen (secondary N) is 3. The number of aromatic nitrogens is 8. The summed E-state index contributed by atoms with van der Waals surface area (Å²) in [5.74, 6) is 0.621. The van der Waals surface area contributed by atoms with Crippen LogP contribution < -0.4 is 5.32 Å². The Morgan fingerprint density at radius 2 is 1.78 bits per heavy atom. The largest absolute Gasteiger partial charge is 0.374 e. The van der Waals surface area contributed by atoms with Crippen LogP contribution >= 0.6 is 0 Å². The van der Waals surface area contributed by atoms with Gasteiger partial charge >= 0.3 is 0 Å². The number of H-pyrrole nitrogens is 2. The number of rotatable bonds is 8. The molecule has 10 nitrogen and oxygen atoms in total. The molecule has 0 bridgehead atoms. The van der Waals surface area contributed by atoms with Gasteiger partial charge in [-0.1, -0.05) is 13.3 Å². The van der Waals surface area contributed by atoms with E-state index in [0.29, 0.717) is 23.6 Å². The second-order valence-electron chi connectivity index (χ2n) is 8.86. The number of hydrogen-bond acceptors (Lipinski definition) is 8. The van der Waals surface area contributed by atoms with Crippen molar-refractivity contribution in [1.82, 2.24) is 40.1 Å². The van der Waals surface area contributed by atoms with Crippen LogP contribution in [0.15, 0.2) is 67.6 Å². The molecule has 184 valence electrons. The molecular formula is C27H25N9O. The molecule has 0 radical (unpaired) electrons. The van der Waals surface area contributed by atoms with Crippen molar-refractivity contribution in [2.24, 2.45) is 0 Å². The lowest BCUT2D eigenvalue weighted by molar-refractivity contribution is 0.190. The van der Waals surface area contributed by atoms with E-state index < -0.39 is 6.23 Å². The minimum absolute atomic E-state index is 0.613. The van der Waals surface area contributed by atoms with Gasteiger partial charge in [-0.3, -0.25) is 20.1 Å². The summed E-state index contributed by atoms with van der Waals surface area (Å²) in [6.45, 7) is 2.10. The minimum atomic E-state index is -0.613. The summed E-state index contributed by atoms with van der Waals surface area (Å²) in [6, 6.07) is 7.85. The van der Waals surface area contributed by atoms with Gasteiger partial charge in [0.25, 0.3) is 0 Å². The van der Waals surface area contributed by atoms with Crippen LogP contribution in [0.3, 0.4) is 0 Å². The molecule has 0 saturated heterocycles. The average molecular weight is 492 g/mol. The van der Waals surface area contributed by atoms with Gasteiger partial charge in [-0.25, -0.2) is 9.97 Å². The highest BCUT2D eigenvalue weighted by Crippen LogP contribution is 2.32. The van der Waals surface area contributed by atoms with Crippen LogP contribution in [-0.4, -0.2) is 51.4 Å². The maximum Gasteiger partial charge on any atom is 0.159 e. The van der Waals surface area contributed by atoms with E-state index in [1.54, 1.807) is 43.4 Å². The van der Waals surface area contributed by atoms with Crippen molar-refractivity contribution in [3.05, 3.63) is 67.6 Å². The fraction of sp³-hybridized carbons (Fsp3) is 0.185. The third kappa shape index (κ3) is 4.50. The molecule has 0 aromatic carbocycles. The van der Waals surface area contributed by atoms with Gasteiger partial charge in [0.15, 0.2) is 11.5 Å². The quantitative estimate of drug-likeness (QED) is 0.219. The Bertz CT molecular complexity index is 1680. The summed E-state index contributed by atoms with van der Waals surface area (Å²) in [7, 11) is 0. The Balaban J connectivity index is 1.37. The van der Waals surface area contributed by atoms with Gasteiger partial charge in [0.2, 0.25) is 0 Å². The molecule has 1 atom stereocenters. The zero-order valence-corrected chi connectivity index (χ0v) is 20.2. The average Bonchev–Trinajstić information content (AvgIpc) is 3.56. The molecule has 0 aliphatic rings. The highest BCUT2D eigenvalue weighted by Gasteiger charge is 2.17. The summed E-state index contributed by atoms with van der Waals surface area (Å²) in [4.78, 5) is 25.7. The van der Waals surface area contributed by atoms with Crippen molar-refractivity contribution in [3.8, 4) is 33.8 Å². The maximum absolute atomic E-state index is 10.2. The SMILES string of the molecule is CCCCC(O)Nc1cncc(-c2cnc3[nH]nc(-c4nc5c(-c6ccncc6)cncc5[nH]4)c3c2)c1. The molecule has 0 aliphatic carbocycles. The summed E-state index contributed by atoms with van der Waals surface area (Å²) in [5, 5.41) is 21.7. The van der Waals surface area contributed by atoms with E-state index in [1.807, 2.05) is 24.3 Å². The highest BCUT2D eigenvalue weighted by molar-refractivity contribution is 5.96. The molecule has 0 amide bonds. The van der Waals surface area contributed by atoms with Crippen LogP contribution in [0.4, 0.5) is 5.69 Å². The maximum atomic E-state index is 10.2. The van der Waals surface area contributed by atoms with Crippen molar-refractivity contribution in [1.29, 1.82) is 0 Å². The first-order chi connectivity index (χ1) is 18.2. The van der Waals surface area contributed by atoms with Crippen LogP contribution in [0, 0.1) is 0 Å². The first-order valence-electron chi connectivity index (χ1n) is 12.2. The van der Waals surface area contributed by atoms with Crippen molar-refractivity contribution < 1.29 is 5.11 Å². The van der Waals surface area contributed by atoms with Gasteiger partial charge in [0.1, 0.15) is 11.9 Å². The lowest BCUT2D eigenvalue weighted by Gasteiger charge is -2.14. The normalized spacial score (nSPS) is 12.3. The summed E-state index contributed by atoms with van der Waals surface area (Å²) >= 11 is 0. The van der Waals surface area contributed by atoms with Gasteiger partial charge in [-0.15, -0.1) is 0 Å². The Labute approximate surface area is 212 Å². The molecule has 6 heterocycles. The molecule has 1 unspecified atom stereocenters. The van der Waals surface area contributed by atoms with Crippen LogP contribution in [0.2, 0.25) is 0 Å². The second kappa shape index (κ2) is 9.75. The molecule has 6 aromatic heterocycles. The van der Waals surface area contributed by atoms with E-state index >= 15 is 0 Å². The van der Waals surface area contributed by atoms with Gasteiger partial charge in [-0.2, -0.15) is 5.10 Å². The molecule has 0 fully saturated rings. The van der Waals surface area contributed by atoms with Crippen LogP contribution in [0.5, 0.6) is 0 Å². The van der Waals surface area contributed by atoms with E-state index in [2.05, 4.69) is 47.4 Å². The highest BCUT2D eigenvalue weighted by atomic mass is 16.3. The molecule has 6 rings (SSSR count). The molecule has 0 aliphatic heterocycles. The molecule has 10 heteroatoms. The topological polar surface area (TPSA) is 141 Å². The molecular weight excluding hydrogens is 466 g/mol. The Morgan fingerprint density at radius 1 is 0.946 bits per heavy atom. The number of aromatic amines is 2. The lowest BCUT2D eigenvalue weighted by Crippen LogP contribution is -2.18. The summed E-state index contributed by atoms with van der Waals surface area (Å²) in [6.07, 6.45) is 14.4. The first kappa shape index (κ1) is 22.7. The standard InChI is InChI=1S/C27H25N9O/c1-2-3-4-23(37)32-19-9-17(11-29-13-19)18-10-20-25(35-36-26(20)31-12-18)27-33-22-15-30-14-21(24(22)34-27)16-5-7-28-8-6-16/h5-15,23,32,37H,2-4H2,1H3,(H,33,34)(H,31,35,36).